The van der Waals surface area contributed by atoms with Gasteiger partial charge in [0.1, 0.15) is 0 Å². The minimum absolute atomic E-state index is 0. The van der Waals surface area contributed by atoms with Crippen molar-refractivity contribution in [3.05, 3.63) is 52.6 Å². The third-order valence-corrected chi connectivity index (χ3v) is 11.0. The molecule has 4 aliphatic carbocycles. The van der Waals surface area contributed by atoms with Crippen molar-refractivity contribution >= 4 is 6.08 Å². The van der Waals surface area contributed by atoms with Crippen molar-refractivity contribution in [3.8, 4) is 0 Å². The lowest BCUT2D eigenvalue weighted by Gasteiger charge is -2.58. The summed E-state index contributed by atoms with van der Waals surface area (Å²) >= 11 is 0. The van der Waals surface area contributed by atoms with Crippen LogP contribution in [0.5, 0.6) is 0 Å². The van der Waals surface area contributed by atoms with Crippen LogP contribution < -0.4 is 5.32 Å². The zero-order valence-electron chi connectivity index (χ0n) is 21.2. The van der Waals surface area contributed by atoms with Crippen molar-refractivity contribution in [2.24, 2.45) is 34.5 Å². The van der Waals surface area contributed by atoms with Crippen LogP contribution in [0.15, 0.2) is 35.9 Å². The summed E-state index contributed by atoms with van der Waals surface area (Å²) < 4.78 is 0. The summed E-state index contributed by atoms with van der Waals surface area (Å²) in [5.41, 5.74) is 7.09. The lowest BCUT2D eigenvalue weighted by molar-refractivity contribution is -0.0421. The van der Waals surface area contributed by atoms with Gasteiger partial charge in [-0.3, -0.25) is 0 Å². The van der Waals surface area contributed by atoms with E-state index in [1.807, 2.05) is 0 Å². The molecule has 3 saturated carbocycles. The molecule has 0 saturated heterocycles. The van der Waals surface area contributed by atoms with Crippen LogP contribution in [-0.4, -0.2) is 13.1 Å². The maximum Gasteiger partial charge on any atom is 0.0102 e. The highest BCUT2D eigenvalue weighted by Crippen LogP contribution is 2.66. The Hall–Kier alpha value is -1.34. The first-order valence-corrected chi connectivity index (χ1v) is 13.5. The highest BCUT2D eigenvalue weighted by atomic mass is 14.9. The van der Waals surface area contributed by atoms with Gasteiger partial charge in [0.25, 0.3) is 0 Å². The van der Waals surface area contributed by atoms with Gasteiger partial charge in [-0.25, -0.2) is 0 Å². The molecule has 7 atom stereocenters. The van der Waals surface area contributed by atoms with Gasteiger partial charge in [-0.1, -0.05) is 55.8 Å². The van der Waals surface area contributed by atoms with Crippen LogP contribution in [0.25, 0.3) is 6.08 Å². The smallest absolute Gasteiger partial charge is 0.0102 e. The van der Waals surface area contributed by atoms with E-state index in [2.05, 4.69) is 76.5 Å². The molecule has 1 nitrogen and oxygen atoms in total. The third-order valence-electron chi connectivity index (χ3n) is 11.0. The van der Waals surface area contributed by atoms with Gasteiger partial charge in [-0.2, -0.15) is 0 Å². The Kier molecular flexibility index (Phi) is 5.94. The standard InChI is InChI=1S/C31H45N.H2/c1-21-8-6-9-22(2)26(21)11-7-10-23-13-15-28-27-14-12-24-20-25(32-5)16-18-31(24,4)29(27)17-19-30(23,28)3;/h6-9,11-12,23,25,27-29,32H,10,13-20H2,1-5H3;1H/b11-7+;. The lowest BCUT2D eigenvalue weighted by atomic mass is 9.47. The van der Waals surface area contributed by atoms with Crippen LogP contribution >= 0.6 is 0 Å². The minimum atomic E-state index is 0. The minimum Gasteiger partial charge on any atom is -0.317 e. The predicted molar refractivity (Wildman–Crippen MR) is 140 cm³/mol. The van der Waals surface area contributed by atoms with Crippen molar-refractivity contribution in [2.45, 2.75) is 91.5 Å². The SMILES string of the molecule is CNC1CCC2(C)C(=CCC3C2CCC2(C)C(C/C=C/c4c(C)cccc4C)CCC32)C1.[HH]. The molecule has 0 aromatic heterocycles. The van der Waals surface area contributed by atoms with E-state index in [-0.39, 0.29) is 1.43 Å². The summed E-state index contributed by atoms with van der Waals surface area (Å²) in [6.07, 6.45) is 20.2. The van der Waals surface area contributed by atoms with E-state index >= 15 is 0 Å². The van der Waals surface area contributed by atoms with Crippen molar-refractivity contribution in [3.63, 3.8) is 0 Å². The Morgan fingerprint density at radius 3 is 2.56 bits per heavy atom. The second-order valence-electron chi connectivity index (χ2n) is 12.3. The molecule has 0 radical (unpaired) electrons. The molecule has 5 rings (SSSR count). The number of rotatable bonds is 4. The molecule has 1 aromatic carbocycles. The topological polar surface area (TPSA) is 12.0 Å². The number of nitrogens with one attached hydrogen (secondary N) is 1. The fraction of sp³-hybridized carbons (Fsp3) is 0.677. The fourth-order valence-corrected chi connectivity index (χ4v) is 8.84. The van der Waals surface area contributed by atoms with Crippen molar-refractivity contribution < 1.29 is 1.43 Å². The van der Waals surface area contributed by atoms with Crippen LogP contribution in [0.2, 0.25) is 0 Å². The first-order chi connectivity index (χ1) is 15.4. The fourth-order valence-electron chi connectivity index (χ4n) is 8.84. The number of hydrogen-bond donors (Lipinski definition) is 1. The van der Waals surface area contributed by atoms with Crippen LogP contribution in [-0.2, 0) is 0 Å². The number of benzene rings is 1. The highest BCUT2D eigenvalue weighted by molar-refractivity contribution is 5.57. The molecule has 0 bridgehead atoms. The van der Waals surface area contributed by atoms with Crippen LogP contribution in [0, 0.1) is 48.3 Å². The molecule has 7 unspecified atom stereocenters. The Morgan fingerprint density at radius 2 is 1.81 bits per heavy atom. The first kappa shape index (κ1) is 22.5. The second kappa shape index (κ2) is 8.46. The Morgan fingerprint density at radius 1 is 1.03 bits per heavy atom. The zero-order valence-corrected chi connectivity index (χ0v) is 21.2. The Balaban J connectivity index is 0.00000259. The summed E-state index contributed by atoms with van der Waals surface area (Å²) in [6, 6.07) is 7.38. The number of allylic oxidation sites excluding steroid dienone is 2. The van der Waals surface area contributed by atoms with Gasteiger partial charge >= 0.3 is 0 Å². The monoisotopic (exact) mass is 433 g/mol. The molecular weight excluding hydrogens is 386 g/mol. The molecule has 176 valence electrons. The van der Waals surface area contributed by atoms with E-state index in [9.17, 15) is 0 Å². The van der Waals surface area contributed by atoms with Crippen molar-refractivity contribution in [2.75, 3.05) is 7.05 Å². The Labute approximate surface area is 198 Å². The van der Waals surface area contributed by atoms with Gasteiger partial charge in [0.05, 0.1) is 0 Å². The van der Waals surface area contributed by atoms with Crippen LogP contribution in [0.3, 0.4) is 0 Å². The number of fused-ring (bicyclic) bond motifs is 5. The quantitative estimate of drug-likeness (QED) is 0.473. The summed E-state index contributed by atoms with van der Waals surface area (Å²) in [5.74, 6) is 3.67. The average molecular weight is 434 g/mol. The summed E-state index contributed by atoms with van der Waals surface area (Å²) in [5, 5.41) is 3.57. The molecule has 32 heavy (non-hydrogen) atoms. The normalized spacial score (nSPS) is 41.2. The molecule has 3 fully saturated rings. The van der Waals surface area contributed by atoms with E-state index < -0.39 is 0 Å². The zero-order chi connectivity index (χ0) is 22.5. The highest BCUT2D eigenvalue weighted by Gasteiger charge is 2.58. The van der Waals surface area contributed by atoms with E-state index in [4.69, 9.17) is 0 Å². The lowest BCUT2D eigenvalue weighted by Crippen LogP contribution is -2.51. The molecule has 4 aliphatic rings. The van der Waals surface area contributed by atoms with Crippen LogP contribution in [0.1, 0.15) is 89.8 Å². The maximum atomic E-state index is 3.57. The molecule has 0 heterocycles. The van der Waals surface area contributed by atoms with E-state index in [0.29, 0.717) is 16.9 Å². The van der Waals surface area contributed by atoms with Gasteiger partial charge in [0.15, 0.2) is 0 Å². The van der Waals surface area contributed by atoms with Crippen molar-refractivity contribution in [1.82, 2.24) is 5.32 Å². The van der Waals surface area contributed by atoms with Crippen LogP contribution in [0.4, 0.5) is 0 Å². The molecule has 1 aromatic rings. The van der Waals surface area contributed by atoms with Gasteiger partial charge in [0.2, 0.25) is 0 Å². The number of hydrogen-bond acceptors (Lipinski definition) is 1. The predicted octanol–water partition coefficient (Wildman–Crippen LogP) is 8.12. The summed E-state index contributed by atoms with van der Waals surface area (Å²) in [4.78, 5) is 0. The molecule has 1 N–H and O–H groups in total. The maximum absolute atomic E-state index is 3.57. The Bertz CT molecular complexity index is 895. The molecule has 0 spiro atoms. The average Bonchev–Trinajstić information content (AvgIpc) is 3.11. The van der Waals surface area contributed by atoms with E-state index in [1.165, 1.54) is 74.5 Å². The molecular formula is C31H47N. The molecule has 0 aliphatic heterocycles. The molecule has 1 heteroatoms. The van der Waals surface area contributed by atoms with E-state index in [0.717, 1.165) is 23.7 Å². The van der Waals surface area contributed by atoms with Crippen molar-refractivity contribution in [1.29, 1.82) is 0 Å². The van der Waals surface area contributed by atoms with E-state index in [1.54, 1.807) is 5.57 Å². The first-order valence-electron chi connectivity index (χ1n) is 13.5. The third kappa shape index (κ3) is 3.54. The summed E-state index contributed by atoms with van der Waals surface area (Å²) in [7, 11) is 2.15. The second-order valence-corrected chi connectivity index (χ2v) is 12.3. The van der Waals surface area contributed by atoms with Gasteiger partial charge in [-0.05, 0) is 130 Å². The number of aryl methyl sites for hydroxylation is 2. The van der Waals surface area contributed by atoms with Gasteiger partial charge < -0.3 is 5.32 Å². The molecule has 0 amide bonds. The van der Waals surface area contributed by atoms with Gasteiger partial charge in [-0.15, -0.1) is 0 Å². The summed E-state index contributed by atoms with van der Waals surface area (Å²) in [6.45, 7) is 9.81. The van der Waals surface area contributed by atoms with Gasteiger partial charge in [0, 0.05) is 7.47 Å². The largest absolute Gasteiger partial charge is 0.317 e.